The number of ether oxygens (including phenoxy) is 1. The maximum absolute atomic E-state index is 12.9. The molecule has 0 aliphatic carbocycles. The molecule has 2 amide bonds. The summed E-state index contributed by atoms with van der Waals surface area (Å²) in [5.74, 6) is -0.837. The highest BCUT2D eigenvalue weighted by Crippen LogP contribution is 2.36. The zero-order valence-corrected chi connectivity index (χ0v) is 23.5. The van der Waals surface area contributed by atoms with E-state index in [2.05, 4.69) is 10.6 Å². The number of hydrogen-bond donors (Lipinski definition) is 2. The molecule has 5 rings (SSSR count). The Labute approximate surface area is 240 Å². The Morgan fingerprint density at radius 3 is 2.40 bits per heavy atom. The first-order valence-corrected chi connectivity index (χ1v) is 14.4. The normalized spacial score (nSPS) is 10.8. The fourth-order valence-electron chi connectivity index (χ4n) is 4.21. The van der Waals surface area contributed by atoms with Gasteiger partial charge in [0.1, 0.15) is 10.6 Å². The molecule has 2 N–H and O–H groups in total. The quantitative estimate of drug-likeness (QED) is 0.149. The van der Waals surface area contributed by atoms with Crippen LogP contribution in [0.3, 0.4) is 0 Å². The van der Waals surface area contributed by atoms with Gasteiger partial charge in [0.05, 0.1) is 12.9 Å². The first-order chi connectivity index (χ1) is 19.4. The van der Waals surface area contributed by atoms with Crippen LogP contribution in [-0.4, -0.2) is 30.6 Å². The molecule has 0 saturated heterocycles. The zero-order chi connectivity index (χ0) is 28.1. The molecule has 1 aromatic heterocycles. The van der Waals surface area contributed by atoms with Crippen molar-refractivity contribution in [3.8, 4) is 11.1 Å². The van der Waals surface area contributed by atoms with Gasteiger partial charge in [-0.25, -0.2) is 4.79 Å². The summed E-state index contributed by atoms with van der Waals surface area (Å²) in [4.78, 5) is 39.1. The number of methoxy groups -OCH3 is 1. The summed E-state index contributed by atoms with van der Waals surface area (Å²) in [6.45, 7) is 2.00. The van der Waals surface area contributed by atoms with E-state index in [1.807, 2.05) is 97.2 Å². The molecule has 0 unspecified atom stereocenters. The monoisotopic (exact) mass is 566 g/mol. The second-order valence-corrected chi connectivity index (χ2v) is 11.0. The molecule has 0 radical (unpaired) electrons. The van der Waals surface area contributed by atoms with E-state index in [1.165, 1.54) is 30.2 Å². The van der Waals surface area contributed by atoms with Gasteiger partial charge in [0.15, 0.2) is 0 Å². The molecule has 200 valence electrons. The van der Waals surface area contributed by atoms with Crippen molar-refractivity contribution in [2.45, 2.75) is 11.8 Å². The second-order valence-electron chi connectivity index (χ2n) is 9.09. The maximum Gasteiger partial charge on any atom is 0.341 e. The molecular formula is C32H26N2O4S2. The molecule has 0 fully saturated rings. The highest BCUT2D eigenvalue weighted by molar-refractivity contribution is 8.00. The summed E-state index contributed by atoms with van der Waals surface area (Å²) < 4.78 is 5.01. The lowest BCUT2D eigenvalue weighted by Crippen LogP contribution is -2.16. The Balaban J connectivity index is 1.23. The number of thioether (sulfide) groups is 1. The number of rotatable bonds is 8. The summed E-state index contributed by atoms with van der Waals surface area (Å²) in [6.07, 6.45) is 0. The lowest BCUT2D eigenvalue weighted by molar-refractivity contribution is -0.113. The predicted molar refractivity (Wildman–Crippen MR) is 164 cm³/mol. The van der Waals surface area contributed by atoms with Crippen molar-refractivity contribution in [1.29, 1.82) is 0 Å². The van der Waals surface area contributed by atoms with Crippen LogP contribution in [0.5, 0.6) is 0 Å². The minimum Gasteiger partial charge on any atom is -0.465 e. The van der Waals surface area contributed by atoms with Crippen molar-refractivity contribution in [3.63, 3.8) is 0 Å². The van der Waals surface area contributed by atoms with Crippen LogP contribution in [0.4, 0.5) is 10.7 Å². The number of esters is 1. The van der Waals surface area contributed by atoms with Gasteiger partial charge >= 0.3 is 5.97 Å². The number of aryl methyl sites for hydroxylation is 1. The third-order valence-corrected chi connectivity index (χ3v) is 8.16. The maximum atomic E-state index is 12.9. The molecule has 5 aromatic rings. The van der Waals surface area contributed by atoms with Crippen LogP contribution in [0.2, 0.25) is 0 Å². The number of nitrogens with one attached hydrogen (secondary N) is 2. The molecular weight excluding hydrogens is 540 g/mol. The van der Waals surface area contributed by atoms with E-state index in [0.717, 1.165) is 32.4 Å². The van der Waals surface area contributed by atoms with Gasteiger partial charge in [-0.3, -0.25) is 9.59 Å². The zero-order valence-electron chi connectivity index (χ0n) is 21.9. The van der Waals surface area contributed by atoms with Crippen LogP contribution >= 0.6 is 23.1 Å². The first kappa shape index (κ1) is 27.2. The first-order valence-electron chi connectivity index (χ1n) is 12.5. The largest absolute Gasteiger partial charge is 0.465 e. The van der Waals surface area contributed by atoms with Crippen LogP contribution < -0.4 is 10.6 Å². The average molecular weight is 567 g/mol. The Morgan fingerprint density at radius 1 is 0.850 bits per heavy atom. The number of anilines is 2. The predicted octanol–water partition coefficient (Wildman–Crippen LogP) is 7.65. The van der Waals surface area contributed by atoms with Crippen molar-refractivity contribution in [1.82, 2.24) is 0 Å². The minimum absolute atomic E-state index is 0.125. The Morgan fingerprint density at radius 2 is 1.62 bits per heavy atom. The van der Waals surface area contributed by atoms with Gasteiger partial charge in [-0.2, -0.15) is 0 Å². The minimum atomic E-state index is -0.505. The molecule has 0 atom stereocenters. The van der Waals surface area contributed by atoms with Gasteiger partial charge in [0.25, 0.3) is 5.91 Å². The van der Waals surface area contributed by atoms with E-state index >= 15 is 0 Å². The van der Waals surface area contributed by atoms with Crippen molar-refractivity contribution in [2.75, 3.05) is 23.5 Å². The smallest absolute Gasteiger partial charge is 0.341 e. The summed E-state index contributed by atoms with van der Waals surface area (Å²) in [6, 6.07) is 28.7. The summed E-state index contributed by atoms with van der Waals surface area (Å²) >= 11 is 2.62. The van der Waals surface area contributed by atoms with Crippen LogP contribution in [0.1, 0.15) is 26.3 Å². The number of amides is 2. The molecule has 0 spiro atoms. The summed E-state index contributed by atoms with van der Waals surface area (Å²) in [7, 11) is 1.33. The number of carbonyl (C=O) groups excluding carboxylic acids is 3. The fraction of sp³-hybridized carbons (Fsp3) is 0.0938. The lowest BCUT2D eigenvalue weighted by Gasteiger charge is -2.09. The summed E-state index contributed by atoms with van der Waals surface area (Å²) in [5.41, 5.74) is 4.25. The molecule has 8 heteroatoms. The fourth-order valence-corrected chi connectivity index (χ4v) is 5.94. The number of carbonyl (C=O) groups is 3. The molecule has 1 heterocycles. The second kappa shape index (κ2) is 12.2. The topological polar surface area (TPSA) is 84.5 Å². The van der Waals surface area contributed by atoms with E-state index in [1.54, 1.807) is 6.07 Å². The van der Waals surface area contributed by atoms with Gasteiger partial charge in [0, 0.05) is 27.1 Å². The van der Waals surface area contributed by atoms with Crippen LogP contribution in [-0.2, 0) is 9.53 Å². The average Bonchev–Trinajstić information content (AvgIpc) is 3.39. The molecule has 0 aliphatic rings. The molecule has 0 bridgehead atoms. The molecule has 40 heavy (non-hydrogen) atoms. The summed E-state index contributed by atoms with van der Waals surface area (Å²) in [5, 5.41) is 10.2. The third kappa shape index (κ3) is 6.25. The van der Waals surface area contributed by atoms with Gasteiger partial charge in [0.2, 0.25) is 5.91 Å². The Bertz CT molecular complexity index is 1710. The van der Waals surface area contributed by atoms with Gasteiger partial charge in [-0.15, -0.1) is 23.1 Å². The SMILES string of the molecule is COC(=O)c1c(-c2ccc(C)cc2)csc1NC(=O)CSc1cccc(NC(=O)c2ccc3ccccc3c2)c1. The number of hydrogen-bond acceptors (Lipinski definition) is 6. The third-order valence-electron chi connectivity index (χ3n) is 6.27. The lowest BCUT2D eigenvalue weighted by atomic mass is 10.0. The van der Waals surface area contributed by atoms with Gasteiger partial charge in [-0.05, 0) is 53.6 Å². The van der Waals surface area contributed by atoms with Crippen LogP contribution in [0, 0.1) is 6.92 Å². The van der Waals surface area contributed by atoms with Crippen LogP contribution in [0.25, 0.3) is 21.9 Å². The van der Waals surface area contributed by atoms with Crippen molar-refractivity contribution in [3.05, 3.63) is 113 Å². The van der Waals surface area contributed by atoms with Gasteiger partial charge < -0.3 is 15.4 Å². The van der Waals surface area contributed by atoms with Gasteiger partial charge in [-0.1, -0.05) is 66.2 Å². The molecule has 0 saturated carbocycles. The molecule has 6 nitrogen and oxygen atoms in total. The Kier molecular flexibility index (Phi) is 8.28. The van der Waals surface area contributed by atoms with E-state index in [-0.39, 0.29) is 17.6 Å². The number of benzene rings is 4. The standard InChI is InChI=1S/C32H26N2O4S2/c1-20-10-12-22(13-11-20)27-18-40-31(29(27)32(37)38-2)34-28(35)19-39-26-9-5-8-25(17-26)33-30(36)24-15-14-21-6-3-4-7-23(21)16-24/h3-18H,19H2,1-2H3,(H,33,36)(H,34,35). The molecule has 0 aliphatic heterocycles. The highest BCUT2D eigenvalue weighted by Gasteiger charge is 2.22. The van der Waals surface area contributed by atoms with E-state index in [9.17, 15) is 14.4 Å². The van der Waals surface area contributed by atoms with Crippen LogP contribution in [0.15, 0.2) is 101 Å². The Hall–Kier alpha value is -4.40. The molecule has 4 aromatic carbocycles. The van der Waals surface area contributed by atoms with Crippen molar-refractivity contribution >= 4 is 62.3 Å². The van der Waals surface area contributed by atoms with E-state index in [0.29, 0.717) is 21.8 Å². The van der Waals surface area contributed by atoms with E-state index in [4.69, 9.17) is 4.74 Å². The number of thiophene rings is 1. The highest BCUT2D eigenvalue weighted by atomic mass is 32.2. The van der Waals surface area contributed by atoms with Crippen molar-refractivity contribution in [2.24, 2.45) is 0 Å². The van der Waals surface area contributed by atoms with E-state index < -0.39 is 5.97 Å². The van der Waals surface area contributed by atoms with Crippen molar-refractivity contribution < 1.29 is 19.1 Å². The number of fused-ring (bicyclic) bond motifs is 1.